The summed E-state index contributed by atoms with van der Waals surface area (Å²) in [4.78, 5) is 42.6. The molecule has 0 aliphatic heterocycles. The topological polar surface area (TPSA) is 149 Å². The van der Waals surface area contributed by atoms with Crippen molar-refractivity contribution in [2.75, 3.05) is 5.43 Å². The number of benzene rings is 1. The van der Waals surface area contributed by atoms with Gasteiger partial charge in [0.1, 0.15) is 11.5 Å². The van der Waals surface area contributed by atoms with Crippen LogP contribution in [-0.2, 0) is 0 Å². The number of hydrazone groups is 1. The van der Waals surface area contributed by atoms with E-state index in [1.165, 1.54) is 55.1 Å². The number of hydrogen-bond acceptors (Lipinski definition) is 10. The van der Waals surface area contributed by atoms with Gasteiger partial charge >= 0.3 is 11.9 Å². The molecule has 0 unspecified atom stereocenters. The first-order valence-corrected chi connectivity index (χ1v) is 9.50. The Hall–Kier alpha value is -4.93. The molecule has 11 heteroatoms. The number of nitrogens with zero attached hydrogens (tertiary/aromatic N) is 2. The number of aromatic amines is 1. The Bertz CT molecular complexity index is 1360. The van der Waals surface area contributed by atoms with E-state index in [-0.39, 0.29) is 34.5 Å². The Kier molecular flexibility index (Phi) is 6.12. The van der Waals surface area contributed by atoms with Crippen molar-refractivity contribution in [3.63, 3.8) is 0 Å². The first-order valence-electron chi connectivity index (χ1n) is 9.50. The zero-order valence-corrected chi connectivity index (χ0v) is 17.1. The van der Waals surface area contributed by atoms with Crippen molar-refractivity contribution < 1.29 is 27.9 Å². The smallest absolute Gasteiger partial charge is 0.379 e. The molecule has 0 bridgehead atoms. The van der Waals surface area contributed by atoms with E-state index in [9.17, 15) is 14.4 Å². The van der Waals surface area contributed by atoms with Crippen LogP contribution in [0.3, 0.4) is 0 Å². The normalized spacial score (nSPS) is 10.8. The third-order valence-corrected chi connectivity index (χ3v) is 4.09. The van der Waals surface area contributed by atoms with Crippen LogP contribution >= 0.6 is 0 Å². The van der Waals surface area contributed by atoms with Crippen molar-refractivity contribution in [2.24, 2.45) is 5.10 Å². The third kappa shape index (κ3) is 5.41. The van der Waals surface area contributed by atoms with E-state index >= 15 is 0 Å². The van der Waals surface area contributed by atoms with Gasteiger partial charge in [-0.25, -0.2) is 20.0 Å². The fraction of sp³-hybridized carbons (Fsp3) is 0.0455. The first-order chi connectivity index (χ1) is 16.0. The fourth-order valence-corrected chi connectivity index (χ4v) is 2.67. The van der Waals surface area contributed by atoms with Crippen LogP contribution in [0, 0.1) is 6.92 Å². The molecule has 4 rings (SSSR count). The predicted octanol–water partition coefficient (Wildman–Crippen LogP) is 3.15. The monoisotopic (exact) mass is 448 g/mol. The molecule has 0 fully saturated rings. The van der Waals surface area contributed by atoms with E-state index in [4.69, 9.17) is 18.3 Å². The Balaban J connectivity index is 1.57. The average molecular weight is 448 g/mol. The maximum atomic E-state index is 12.4. The van der Waals surface area contributed by atoms with E-state index < -0.39 is 11.9 Å². The molecule has 0 saturated carbocycles. The molecule has 2 N–H and O–H groups in total. The largest absolute Gasteiger partial charge is 0.457 e. The highest BCUT2D eigenvalue weighted by Gasteiger charge is 2.17. The molecule has 0 aliphatic carbocycles. The van der Waals surface area contributed by atoms with Crippen LogP contribution in [0.15, 0.2) is 79.8 Å². The van der Waals surface area contributed by atoms with Gasteiger partial charge in [-0.3, -0.25) is 9.78 Å². The highest BCUT2D eigenvalue weighted by atomic mass is 16.6. The zero-order valence-electron chi connectivity index (χ0n) is 17.1. The molecule has 0 amide bonds. The predicted molar refractivity (Wildman–Crippen MR) is 115 cm³/mol. The summed E-state index contributed by atoms with van der Waals surface area (Å²) in [5.74, 6) is -1.21. The molecule has 3 aromatic heterocycles. The number of carbonyl (C=O) groups is 2. The van der Waals surface area contributed by atoms with E-state index in [0.717, 1.165) is 0 Å². The molecule has 3 heterocycles. The van der Waals surface area contributed by atoms with Crippen LogP contribution in [0.5, 0.6) is 11.5 Å². The Morgan fingerprint density at radius 3 is 2.36 bits per heavy atom. The lowest BCUT2D eigenvalue weighted by Crippen LogP contribution is -2.11. The third-order valence-electron chi connectivity index (χ3n) is 4.09. The molecule has 33 heavy (non-hydrogen) atoms. The molecule has 0 spiro atoms. The van der Waals surface area contributed by atoms with Gasteiger partial charge in [-0.15, -0.1) is 0 Å². The van der Waals surface area contributed by atoms with Crippen molar-refractivity contribution >= 4 is 24.1 Å². The number of H-pyrrole nitrogens is 1. The number of carbonyl (C=O) groups excluding carboxylic acids is 2. The summed E-state index contributed by atoms with van der Waals surface area (Å²) in [6.45, 7) is 1.67. The molecule has 0 atom stereocenters. The molecule has 0 radical (unpaired) electrons. The zero-order chi connectivity index (χ0) is 23.2. The number of furan rings is 2. The second-order valence-corrected chi connectivity index (χ2v) is 6.54. The lowest BCUT2D eigenvalue weighted by atomic mass is 10.2. The highest BCUT2D eigenvalue weighted by molar-refractivity contribution is 5.92. The molecule has 166 valence electrons. The maximum absolute atomic E-state index is 12.4. The number of anilines is 1. The summed E-state index contributed by atoms with van der Waals surface area (Å²) in [7, 11) is 0. The Morgan fingerprint density at radius 1 is 1.03 bits per heavy atom. The minimum atomic E-state index is -0.762. The van der Waals surface area contributed by atoms with Gasteiger partial charge in [0.25, 0.3) is 5.56 Å². The lowest BCUT2D eigenvalue weighted by molar-refractivity contribution is 0.0698. The van der Waals surface area contributed by atoms with Crippen LogP contribution in [-0.4, -0.2) is 28.1 Å². The van der Waals surface area contributed by atoms with E-state index in [1.807, 2.05) is 0 Å². The molecule has 1 aromatic carbocycles. The van der Waals surface area contributed by atoms with E-state index in [0.29, 0.717) is 11.3 Å². The summed E-state index contributed by atoms with van der Waals surface area (Å²) in [6.07, 6.45) is 4.02. The SMILES string of the molecule is Cc1cc(=O)[nH]c(NN=Cc2ccc(OC(=O)c3ccco3)cc2OC(=O)c2ccco2)n1. The molecule has 0 saturated heterocycles. The van der Waals surface area contributed by atoms with Crippen molar-refractivity contribution in [1.29, 1.82) is 0 Å². The van der Waals surface area contributed by atoms with Crippen molar-refractivity contribution in [3.05, 3.63) is 94.2 Å². The van der Waals surface area contributed by atoms with E-state index in [1.54, 1.807) is 19.1 Å². The molecule has 4 aromatic rings. The number of nitrogens with one attached hydrogen (secondary N) is 2. The van der Waals surface area contributed by atoms with Crippen LogP contribution in [0.1, 0.15) is 32.4 Å². The maximum Gasteiger partial charge on any atom is 0.379 e. The van der Waals surface area contributed by atoms with E-state index in [2.05, 4.69) is 20.5 Å². The van der Waals surface area contributed by atoms with Gasteiger partial charge in [-0.05, 0) is 43.3 Å². The van der Waals surface area contributed by atoms with Gasteiger partial charge in [-0.1, -0.05) is 0 Å². The Labute approximate surface area is 185 Å². The summed E-state index contributed by atoms with van der Waals surface area (Å²) >= 11 is 0. The number of rotatable bonds is 7. The van der Waals surface area contributed by atoms with Gasteiger partial charge in [0, 0.05) is 23.4 Å². The number of aromatic nitrogens is 2. The first kappa shape index (κ1) is 21.3. The summed E-state index contributed by atoms with van der Waals surface area (Å²) in [6, 6.07) is 11.7. The average Bonchev–Trinajstić information content (AvgIpc) is 3.49. The highest BCUT2D eigenvalue weighted by Crippen LogP contribution is 2.26. The quantitative estimate of drug-likeness (QED) is 0.188. The van der Waals surface area contributed by atoms with Gasteiger partial charge in [0.05, 0.1) is 18.7 Å². The molecular weight excluding hydrogens is 432 g/mol. The minimum absolute atomic E-state index is 0.0126. The van der Waals surface area contributed by atoms with Crippen LogP contribution in [0.25, 0.3) is 0 Å². The number of hydrogen-bond donors (Lipinski definition) is 2. The van der Waals surface area contributed by atoms with Gasteiger partial charge < -0.3 is 18.3 Å². The minimum Gasteiger partial charge on any atom is -0.457 e. The summed E-state index contributed by atoms with van der Waals surface area (Å²) < 4.78 is 20.7. The van der Waals surface area contributed by atoms with Gasteiger partial charge in [0.15, 0.2) is 0 Å². The second kappa shape index (κ2) is 9.47. The standard InChI is InChI=1S/C22H16N4O7/c1-13-10-19(27)25-22(24-13)26-23-12-14-6-7-15(32-20(28)16-4-2-8-30-16)11-18(14)33-21(29)17-5-3-9-31-17/h2-12H,1H3,(H2,24,25,26,27). The fourth-order valence-electron chi connectivity index (χ4n) is 2.67. The lowest BCUT2D eigenvalue weighted by Gasteiger charge is -2.09. The van der Waals surface area contributed by atoms with Crippen LogP contribution < -0.4 is 20.5 Å². The molecular formula is C22H16N4O7. The van der Waals surface area contributed by atoms with Crippen LogP contribution in [0.2, 0.25) is 0 Å². The molecule has 0 aliphatic rings. The van der Waals surface area contributed by atoms with Gasteiger partial charge in [-0.2, -0.15) is 5.10 Å². The molecule has 11 nitrogen and oxygen atoms in total. The second-order valence-electron chi connectivity index (χ2n) is 6.54. The van der Waals surface area contributed by atoms with Crippen molar-refractivity contribution in [3.8, 4) is 11.5 Å². The summed E-state index contributed by atoms with van der Waals surface area (Å²) in [5, 5.41) is 4.01. The van der Waals surface area contributed by atoms with Gasteiger partial charge in [0.2, 0.25) is 17.5 Å². The van der Waals surface area contributed by atoms with Crippen molar-refractivity contribution in [2.45, 2.75) is 6.92 Å². The number of aryl methyl sites for hydroxylation is 1. The van der Waals surface area contributed by atoms with Crippen LogP contribution in [0.4, 0.5) is 5.95 Å². The summed E-state index contributed by atoms with van der Waals surface area (Å²) in [5.41, 5.74) is 3.12. The number of esters is 2. The number of ether oxygens (including phenoxy) is 2. The van der Waals surface area contributed by atoms with Crippen molar-refractivity contribution in [1.82, 2.24) is 9.97 Å². The Morgan fingerprint density at radius 2 is 1.73 bits per heavy atom.